The number of nitrogens with two attached hydrogens (primary N) is 1. The number of carbonyl (C=O) groups is 1. The molecule has 1 atom stereocenters. The highest BCUT2D eigenvalue weighted by molar-refractivity contribution is 6.31. The van der Waals surface area contributed by atoms with Gasteiger partial charge in [0.15, 0.2) is 0 Å². The van der Waals surface area contributed by atoms with Crippen LogP contribution in [-0.2, 0) is 4.74 Å². The van der Waals surface area contributed by atoms with Gasteiger partial charge in [-0.25, -0.2) is 0 Å². The van der Waals surface area contributed by atoms with E-state index in [1.807, 2.05) is 24.3 Å². The van der Waals surface area contributed by atoms with E-state index in [1.165, 1.54) is 0 Å². The zero-order valence-electron chi connectivity index (χ0n) is 14.0. The Hall–Kier alpha value is -2.08. The number of carbonyl (C=O) groups excluding carboxylic acids is 1. The van der Waals surface area contributed by atoms with Crippen molar-refractivity contribution in [2.45, 2.75) is 6.04 Å². The standard InChI is InChI=1S/C19H22ClN3O2/c20-17-7-2-1-6-16(17)18(23-8-10-25-11-9-23)13-22-19(24)14-4-3-5-15(21)12-14/h1-7,12,18H,8-11,13,21H2,(H,22,24). The van der Waals surface area contributed by atoms with Gasteiger partial charge in [-0.3, -0.25) is 9.69 Å². The van der Waals surface area contributed by atoms with Gasteiger partial charge >= 0.3 is 0 Å². The van der Waals surface area contributed by atoms with Crippen molar-refractivity contribution in [3.63, 3.8) is 0 Å². The summed E-state index contributed by atoms with van der Waals surface area (Å²) >= 11 is 6.40. The van der Waals surface area contributed by atoms with E-state index in [1.54, 1.807) is 24.3 Å². The number of nitrogens with zero attached hydrogens (tertiary/aromatic N) is 1. The molecule has 1 unspecified atom stereocenters. The van der Waals surface area contributed by atoms with Crippen molar-refractivity contribution < 1.29 is 9.53 Å². The number of amides is 1. The van der Waals surface area contributed by atoms with Crippen molar-refractivity contribution in [1.82, 2.24) is 10.2 Å². The van der Waals surface area contributed by atoms with Crippen LogP contribution in [-0.4, -0.2) is 43.7 Å². The number of ether oxygens (including phenoxy) is 1. The number of rotatable bonds is 5. The van der Waals surface area contributed by atoms with Crippen LogP contribution in [0.2, 0.25) is 5.02 Å². The summed E-state index contributed by atoms with van der Waals surface area (Å²) in [5.74, 6) is -0.141. The molecule has 1 aliphatic rings. The number of morpholine rings is 1. The van der Waals surface area contributed by atoms with Crippen LogP contribution in [0.25, 0.3) is 0 Å². The molecule has 0 aromatic heterocycles. The molecule has 0 aliphatic carbocycles. The van der Waals surface area contributed by atoms with E-state index >= 15 is 0 Å². The second kappa shape index (κ2) is 8.34. The fourth-order valence-electron chi connectivity index (χ4n) is 3.04. The van der Waals surface area contributed by atoms with E-state index < -0.39 is 0 Å². The fraction of sp³-hybridized carbons (Fsp3) is 0.316. The van der Waals surface area contributed by atoms with E-state index in [0.29, 0.717) is 36.0 Å². The number of hydrogen-bond acceptors (Lipinski definition) is 4. The normalized spacial score (nSPS) is 16.4. The Balaban J connectivity index is 1.75. The highest BCUT2D eigenvalue weighted by atomic mass is 35.5. The summed E-state index contributed by atoms with van der Waals surface area (Å²) in [6.45, 7) is 3.46. The molecule has 3 N–H and O–H groups in total. The smallest absolute Gasteiger partial charge is 0.251 e. The largest absolute Gasteiger partial charge is 0.399 e. The monoisotopic (exact) mass is 359 g/mol. The lowest BCUT2D eigenvalue weighted by Gasteiger charge is -2.35. The van der Waals surface area contributed by atoms with E-state index in [-0.39, 0.29) is 11.9 Å². The van der Waals surface area contributed by atoms with Crippen LogP contribution >= 0.6 is 11.6 Å². The number of anilines is 1. The van der Waals surface area contributed by atoms with Gasteiger partial charge in [-0.1, -0.05) is 35.9 Å². The molecular formula is C19H22ClN3O2. The van der Waals surface area contributed by atoms with Crippen LogP contribution in [0.5, 0.6) is 0 Å². The maximum atomic E-state index is 12.5. The van der Waals surface area contributed by atoms with Crippen molar-refractivity contribution >= 4 is 23.2 Å². The lowest BCUT2D eigenvalue weighted by atomic mass is 10.0. The van der Waals surface area contributed by atoms with Crippen LogP contribution in [0.15, 0.2) is 48.5 Å². The number of nitrogen functional groups attached to an aromatic ring is 1. The third kappa shape index (κ3) is 4.51. The summed E-state index contributed by atoms with van der Waals surface area (Å²) in [5.41, 5.74) is 7.90. The summed E-state index contributed by atoms with van der Waals surface area (Å²) < 4.78 is 5.45. The Morgan fingerprint density at radius 1 is 1.20 bits per heavy atom. The SMILES string of the molecule is Nc1cccc(C(=O)NCC(c2ccccc2Cl)N2CCOCC2)c1. The van der Waals surface area contributed by atoms with Crippen LogP contribution in [0.3, 0.4) is 0 Å². The zero-order valence-corrected chi connectivity index (χ0v) is 14.7. The van der Waals surface area contributed by atoms with E-state index in [4.69, 9.17) is 22.1 Å². The first-order valence-corrected chi connectivity index (χ1v) is 8.73. The molecule has 6 heteroatoms. The lowest BCUT2D eigenvalue weighted by Crippen LogP contribution is -2.44. The topological polar surface area (TPSA) is 67.6 Å². The zero-order chi connectivity index (χ0) is 17.6. The van der Waals surface area contributed by atoms with Gasteiger partial charge < -0.3 is 15.8 Å². The predicted octanol–water partition coefficient (Wildman–Crippen LogP) is 2.73. The summed E-state index contributed by atoms with van der Waals surface area (Å²) in [6, 6.07) is 14.7. The minimum absolute atomic E-state index is 0.00242. The van der Waals surface area contributed by atoms with Gasteiger partial charge in [-0.2, -0.15) is 0 Å². The molecule has 25 heavy (non-hydrogen) atoms. The van der Waals surface area contributed by atoms with E-state index in [2.05, 4.69) is 10.2 Å². The Kier molecular flexibility index (Phi) is 5.91. The van der Waals surface area contributed by atoms with Crippen LogP contribution in [0.1, 0.15) is 22.0 Å². The van der Waals surface area contributed by atoms with Gasteiger partial charge in [-0.05, 0) is 29.8 Å². The van der Waals surface area contributed by atoms with Gasteiger partial charge in [0.05, 0.1) is 19.3 Å². The molecule has 1 saturated heterocycles. The lowest BCUT2D eigenvalue weighted by molar-refractivity contribution is 0.0162. The summed E-state index contributed by atoms with van der Waals surface area (Å²) in [6.07, 6.45) is 0. The molecule has 132 valence electrons. The minimum Gasteiger partial charge on any atom is -0.399 e. The molecule has 1 aliphatic heterocycles. The predicted molar refractivity (Wildman–Crippen MR) is 99.8 cm³/mol. The quantitative estimate of drug-likeness (QED) is 0.805. The number of nitrogens with one attached hydrogen (secondary N) is 1. The fourth-order valence-corrected chi connectivity index (χ4v) is 3.30. The van der Waals surface area contributed by atoms with Crippen LogP contribution in [0.4, 0.5) is 5.69 Å². The van der Waals surface area contributed by atoms with Crippen molar-refractivity contribution in [2.24, 2.45) is 0 Å². The second-order valence-corrected chi connectivity index (χ2v) is 6.43. The molecule has 5 nitrogen and oxygen atoms in total. The van der Waals surface area contributed by atoms with E-state index in [0.717, 1.165) is 18.7 Å². The van der Waals surface area contributed by atoms with Crippen molar-refractivity contribution in [1.29, 1.82) is 0 Å². The summed E-state index contributed by atoms with van der Waals surface area (Å²) in [4.78, 5) is 14.8. The average Bonchev–Trinajstić information content (AvgIpc) is 2.64. The Labute approximate surface area is 152 Å². The van der Waals surface area contributed by atoms with Gasteiger partial charge in [0.25, 0.3) is 5.91 Å². The molecule has 0 spiro atoms. The summed E-state index contributed by atoms with van der Waals surface area (Å²) in [7, 11) is 0. The van der Waals surface area contributed by atoms with Crippen molar-refractivity contribution in [3.05, 3.63) is 64.7 Å². The van der Waals surface area contributed by atoms with E-state index in [9.17, 15) is 4.79 Å². The Bertz CT molecular complexity index is 732. The van der Waals surface area contributed by atoms with Crippen molar-refractivity contribution in [3.8, 4) is 0 Å². The molecular weight excluding hydrogens is 338 g/mol. The molecule has 2 aromatic carbocycles. The number of benzene rings is 2. The molecule has 3 rings (SSSR count). The molecule has 0 bridgehead atoms. The average molecular weight is 360 g/mol. The van der Waals surface area contributed by atoms with Crippen LogP contribution in [0, 0.1) is 0 Å². The Morgan fingerprint density at radius 2 is 1.96 bits per heavy atom. The van der Waals surface area contributed by atoms with Gasteiger partial charge in [0, 0.05) is 35.9 Å². The molecule has 1 amide bonds. The van der Waals surface area contributed by atoms with Crippen LogP contribution < -0.4 is 11.1 Å². The Morgan fingerprint density at radius 3 is 2.68 bits per heavy atom. The first-order chi connectivity index (χ1) is 12.1. The second-order valence-electron chi connectivity index (χ2n) is 6.02. The first-order valence-electron chi connectivity index (χ1n) is 8.35. The third-order valence-electron chi connectivity index (χ3n) is 4.36. The maximum Gasteiger partial charge on any atom is 0.251 e. The first kappa shape index (κ1) is 17.7. The minimum atomic E-state index is -0.141. The summed E-state index contributed by atoms with van der Waals surface area (Å²) in [5, 5.41) is 3.72. The molecule has 1 heterocycles. The number of hydrogen-bond donors (Lipinski definition) is 2. The molecule has 0 radical (unpaired) electrons. The molecule has 1 fully saturated rings. The molecule has 2 aromatic rings. The highest BCUT2D eigenvalue weighted by Crippen LogP contribution is 2.27. The van der Waals surface area contributed by atoms with Gasteiger partial charge in [0.1, 0.15) is 0 Å². The van der Waals surface area contributed by atoms with Crippen molar-refractivity contribution in [2.75, 3.05) is 38.6 Å². The number of halogens is 1. The maximum absolute atomic E-state index is 12.5. The third-order valence-corrected chi connectivity index (χ3v) is 4.70. The molecule has 0 saturated carbocycles. The highest BCUT2D eigenvalue weighted by Gasteiger charge is 2.25. The van der Waals surface area contributed by atoms with Gasteiger partial charge in [0.2, 0.25) is 0 Å². The van der Waals surface area contributed by atoms with Gasteiger partial charge in [-0.15, -0.1) is 0 Å².